The molecule has 2 nitrogen and oxygen atoms in total. The molecule has 0 aliphatic carbocycles. The van der Waals surface area contributed by atoms with Crippen LogP contribution in [0.3, 0.4) is 0 Å². The molecule has 0 atom stereocenters. The fraction of sp³-hybridized carbons (Fsp3) is 0. The van der Waals surface area contributed by atoms with Gasteiger partial charge >= 0.3 is 5.97 Å². The molecule has 3 aromatic rings. The van der Waals surface area contributed by atoms with E-state index in [9.17, 15) is 4.79 Å². The molecule has 0 spiro atoms. The van der Waals surface area contributed by atoms with Gasteiger partial charge in [-0.3, -0.25) is 0 Å². The van der Waals surface area contributed by atoms with Crippen molar-refractivity contribution in [2.45, 2.75) is 0 Å². The van der Waals surface area contributed by atoms with Crippen LogP contribution in [0, 0.1) is 0 Å². The Hall–Kier alpha value is -2.39. The highest BCUT2D eigenvalue weighted by Gasteiger charge is 1.99. The molecule has 100 valence electrons. The lowest BCUT2D eigenvalue weighted by molar-refractivity contribution is 0.0702. The zero-order chi connectivity index (χ0) is 14.2. The maximum atomic E-state index is 10.1. The molecule has 0 saturated carbocycles. The predicted octanol–water partition coefficient (Wildman–Crippen LogP) is 4.80. The zero-order valence-electron chi connectivity index (χ0n) is 10.8. The molecule has 3 heteroatoms. The molecule has 1 heterocycles. The van der Waals surface area contributed by atoms with Gasteiger partial charge in [0.25, 0.3) is 0 Å². The number of carboxylic acid groups (broad SMARTS) is 1. The Morgan fingerprint density at radius 2 is 1.25 bits per heavy atom. The van der Waals surface area contributed by atoms with Crippen molar-refractivity contribution in [2.24, 2.45) is 0 Å². The Bertz CT molecular complexity index is 594. The van der Waals surface area contributed by atoms with Gasteiger partial charge in [0.2, 0.25) is 0 Å². The van der Waals surface area contributed by atoms with Gasteiger partial charge in [0.1, 0.15) is 4.88 Å². The van der Waals surface area contributed by atoms with Gasteiger partial charge in [-0.2, -0.15) is 0 Å². The summed E-state index contributed by atoms with van der Waals surface area (Å²) < 4.78 is 0. The third-order valence-electron chi connectivity index (χ3n) is 2.61. The summed E-state index contributed by atoms with van der Waals surface area (Å²) in [6.07, 6.45) is 0. The van der Waals surface area contributed by atoms with Crippen molar-refractivity contribution < 1.29 is 9.90 Å². The fourth-order valence-electron chi connectivity index (χ4n) is 1.66. The number of carbonyl (C=O) groups is 1. The van der Waals surface area contributed by atoms with Gasteiger partial charge in [-0.05, 0) is 22.6 Å². The summed E-state index contributed by atoms with van der Waals surface area (Å²) in [5, 5.41) is 10.0. The molecule has 0 aliphatic heterocycles. The average molecular weight is 282 g/mol. The number of aromatic carboxylic acids is 1. The molecule has 0 fully saturated rings. The predicted molar refractivity (Wildman–Crippen MR) is 83.2 cm³/mol. The molecule has 0 unspecified atom stereocenters. The second kappa shape index (κ2) is 7.26. The molecule has 3 rings (SSSR count). The minimum Gasteiger partial charge on any atom is -0.477 e. The van der Waals surface area contributed by atoms with Crippen LogP contribution in [0.25, 0.3) is 11.1 Å². The summed E-state index contributed by atoms with van der Waals surface area (Å²) in [5.74, 6) is -0.847. The van der Waals surface area contributed by atoms with Gasteiger partial charge in [0.15, 0.2) is 0 Å². The SMILES string of the molecule is O=C(O)c1cccs1.c1ccc(-c2ccccc2)cc1. The van der Waals surface area contributed by atoms with E-state index in [1.165, 1.54) is 22.5 Å². The normalized spacial score (nSPS) is 9.40. The van der Waals surface area contributed by atoms with E-state index in [0.717, 1.165) is 0 Å². The van der Waals surface area contributed by atoms with Gasteiger partial charge in [-0.25, -0.2) is 4.79 Å². The molecule has 1 N–H and O–H groups in total. The van der Waals surface area contributed by atoms with Crippen molar-refractivity contribution >= 4 is 17.3 Å². The van der Waals surface area contributed by atoms with Gasteiger partial charge < -0.3 is 5.11 Å². The Morgan fingerprint density at radius 3 is 1.55 bits per heavy atom. The van der Waals surface area contributed by atoms with Crippen molar-refractivity contribution in [3.05, 3.63) is 83.1 Å². The van der Waals surface area contributed by atoms with Crippen LogP contribution in [-0.4, -0.2) is 11.1 Å². The van der Waals surface area contributed by atoms with E-state index in [2.05, 4.69) is 48.5 Å². The van der Waals surface area contributed by atoms with Crippen molar-refractivity contribution in [1.82, 2.24) is 0 Å². The highest BCUT2D eigenvalue weighted by Crippen LogP contribution is 2.17. The Labute approximate surface area is 122 Å². The summed E-state index contributed by atoms with van der Waals surface area (Å²) >= 11 is 1.23. The number of carboxylic acids is 1. The molecule has 2 aromatic carbocycles. The second-order valence-electron chi connectivity index (χ2n) is 4.01. The van der Waals surface area contributed by atoms with E-state index >= 15 is 0 Å². The Morgan fingerprint density at radius 1 is 0.750 bits per heavy atom. The standard InChI is InChI=1S/C12H10.C5H4O2S/c1-3-7-11(8-4-1)12-9-5-2-6-10-12;6-5(7)4-2-1-3-8-4/h1-10H;1-3H,(H,6,7). The topological polar surface area (TPSA) is 37.3 Å². The van der Waals surface area contributed by atoms with E-state index < -0.39 is 5.97 Å². The first-order valence-corrected chi connectivity index (χ1v) is 7.02. The minimum absolute atomic E-state index is 0.394. The largest absolute Gasteiger partial charge is 0.477 e. The molecule has 0 amide bonds. The average Bonchev–Trinajstić information content (AvgIpc) is 3.04. The third-order valence-corrected chi connectivity index (χ3v) is 3.47. The molecule has 0 aliphatic rings. The number of benzene rings is 2. The highest BCUT2D eigenvalue weighted by atomic mass is 32.1. The van der Waals surface area contributed by atoms with E-state index in [1.54, 1.807) is 17.5 Å². The Kier molecular flexibility index (Phi) is 5.09. The van der Waals surface area contributed by atoms with E-state index in [-0.39, 0.29) is 0 Å². The second-order valence-corrected chi connectivity index (χ2v) is 4.96. The van der Waals surface area contributed by atoms with E-state index in [0.29, 0.717) is 4.88 Å². The summed E-state index contributed by atoms with van der Waals surface area (Å²) in [7, 11) is 0. The van der Waals surface area contributed by atoms with E-state index in [4.69, 9.17) is 5.11 Å². The van der Waals surface area contributed by atoms with Crippen LogP contribution in [0.5, 0.6) is 0 Å². The van der Waals surface area contributed by atoms with Crippen molar-refractivity contribution in [2.75, 3.05) is 0 Å². The van der Waals surface area contributed by atoms with Gasteiger partial charge in [-0.15, -0.1) is 11.3 Å². The number of rotatable bonds is 2. The summed E-state index contributed by atoms with van der Waals surface area (Å²) in [6.45, 7) is 0. The first kappa shape index (κ1) is 14.0. The van der Waals surface area contributed by atoms with Crippen molar-refractivity contribution in [1.29, 1.82) is 0 Å². The number of thiophene rings is 1. The third kappa shape index (κ3) is 4.07. The summed E-state index contributed by atoms with van der Waals surface area (Å²) in [5.41, 5.74) is 2.55. The van der Waals surface area contributed by atoms with Gasteiger partial charge in [0, 0.05) is 0 Å². The van der Waals surface area contributed by atoms with Crippen LogP contribution in [0.2, 0.25) is 0 Å². The first-order valence-electron chi connectivity index (χ1n) is 6.14. The Balaban J connectivity index is 0.000000160. The van der Waals surface area contributed by atoms with E-state index in [1.807, 2.05) is 12.1 Å². The number of hydrogen-bond donors (Lipinski definition) is 1. The summed E-state index contributed by atoms with van der Waals surface area (Å²) in [4.78, 5) is 10.5. The smallest absolute Gasteiger partial charge is 0.345 e. The molecule has 1 aromatic heterocycles. The number of hydrogen-bond acceptors (Lipinski definition) is 2. The van der Waals surface area contributed by atoms with Crippen LogP contribution in [0.1, 0.15) is 9.67 Å². The van der Waals surface area contributed by atoms with Crippen LogP contribution >= 0.6 is 11.3 Å². The van der Waals surface area contributed by atoms with Gasteiger partial charge in [-0.1, -0.05) is 66.7 Å². The first-order chi connectivity index (χ1) is 9.77. The molecule has 0 bridgehead atoms. The van der Waals surface area contributed by atoms with Crippen LogP contribution in [0.4, 0.5) is 0 Å². The van der Waals surface area contributed by atoms with Crippen molar-refractivity contribution in [3.8, 4) is 11.1 Å². The maximum absolute atomic E-state index is 10.1. The lowest BCUT2D eigenvalue weighted by atomic mass is 10.1. The monoisotopic (exact) mass is 282 g/mol. The van der Waals surface area contributed by atoms with Crippen LogP contribution in [-0.2, 0) is 0 Å². The van der Waals surface area contributed by atoms with Crippen molar-refractivity contribution in [3.63, 3.8) is 0 Å². The molecule has 20 heavy (non-hydrogen) atoms. The van der Waals surface area contributed by atoms with Gasteiger partial charge in [0.05, 0.1) is 0 Å². The molecule has 0 radical (unpaired) electrons. The zero-order valence-corrected chi connectivity index (χ0v) is 11.6. The fourth-order valence-corrected chi connectivity index (χ4v) is 2.22. The lowest BCUT2D eigenvalue weighted by Crippen LogP contribution is -1.89. The minimum atomic E-state index is -0.847. The maximum Gasteiger partial charge on any atom is 0.345 e. The molecular weight excluding hydrogens is 268 g/mol. The lowest BCUT2D eigenvalue weighted by Gasteiger charge is -1.98. The van der Waals surface area contributed by atoms with Crippen LogP contribution in [0.15, 0.2) is 78.2 Å². The molecule has 0 saturated heterocycles. The quantitative estimate of drug-likeness (QED) is 0.733. The molecular formula is C17H14O2S. The van der Waals surface area contributed by atoms with Crippen LogP contribution < -0.4 is 0 Å². The highest BCUT2D eigenvalue weighted by molar-refractivity contribution is 7.11. The summed E-state index contributed by atoms with van der Waals surface area (Å²) in [6, 6.07) is 24.1.